The molecule has 1 atom stereocenters. The summed E-state index contributed by atoms with van der Waals surface area (Å²) in [5, 5.41) is 2.73. The first-order valence-electron chi connectivity index (χ1n) is 9.66. The number of thioether (sulfide) groups is 1. The Hall–Kier alpha value is -3.25. The van der Waals surface area contributed by atoms with E-state index in [1.54, 1.807) is 36.3 Å². The summed E-state index contributed by atoms with van der Waals surface area (Å²) >= 11 is 6.27. The number of rotatable bonds is 4. The third kappa shape index (κ3) is 3.86. The summed E-state index contributed by atoms with van der Waals surface area (Å²) in [6, 6.07) is 4.18. The van der Waals surface area contributed by atoms with E-state index in [-0.39, 0.29) is 34.5 Å². The molecule has 0 bridgehead atoms. The van der Waals surface area contributed by atoms with Crippen molar-refractivity contribution >= 4 is 63.6 Å². The Kier molecular flexibility index (Phi) is 5.98. The summed E-state index contributed by atoms with van der Waals surface area (Å²) in [7, 11) is 2.80. The Morgan fingerprint density at radius 3 is 2.84 bits per heavy atom. The quantitative estimate of drug-likeness (QED) is 0.383. The van der Waals surface area contributed by atoms with Gasteiger partial charge in [-0.2, -0.15) is 0 Å². The minimum atomic E-state index is -0.915. The number of aromatic nitrogens is 2. The van der Waals surface area contributed by atoms with Crippen LogP contribution in [0.1, 0.15) is 12.0 Å². The van der Waals surface area contributed by atoms with Crippen LogP contribution in [0.2, 0.25) is 0 Å². The SMILES string of the molecule is COC(=O)CC1C(=O)NCCN1c1nc2ccccn2c(=O)c1C=C1SC(=S)N(C)C1=O. The number of piperazine rings is 1. The van der Waals surface area contributed by atoms with E-state index in [1.165, 1.54) is 22.5 Å². The maximum absolute atomic E-state index is 13.4. The van der Waals surface area contributed by atoms with Gasteiger partial charge >= 0.3 is 5.97 Å². The molecule has 2 fully saturated rings. The number of anilines is 1. The van der Waals surface area contributed by atoms with Gasteiger partial charge in [-0.25, -0.2) is 4.98 Å². The fourth-order valence-electron chi connectivity index (χ4n) is 3.53. The second-order valence-electron chi connectivity index (χ2n) is 7.10. The predicted octanol–water partition coefficient (Wildman–Crippen LogP) is 0.393. The van der Waals surface area contributed by atoms with Crippen LogP contribution >= 0.6 is 24.0 Å². The van der Waals surface area contributed by atoms with E-state index in [0.717, 1.165) is 11.8 Å². The first-order valence-corrected chi connectivity index (χ1v) is 10.9. The van der Waals surface area contributed by atoms with E-state index in [9.17, 15) is 19.2 Å². The number of hydrogen-bond acceptors (Lipinski definition) is 9. The van der Waals surface area contributed by atoms with Crippen molar-refractivity contribution in [1.29, 1.82) is 0 Å². The minimum absolute atomic E-state index is 0.132. The van der Waals surface area contributed by atoms with Crippen LogP contribution in [0.3, 0.4) is 0 Å². The first-order chi connectivity index (χ1) is 15.3. The topological polar surface area (TPSA) is 113 Å². The minimum Gasteiger partial charge on any atom is -0.469 e. The number of fused-ring (bicyclic) bond motifs is 1. The highest BCUT2D eigenvalue weighted by atomic mass is 32.2. The molecule has 0 radical (unpaired) electrons. The molecule has 4 heterocycles. The number of pyridine rings is 1. The van der Waals surface area contributed by atoms with Crippen molar-refractivity contribution < 1.29 is 19.1 Å². The monoisotopic (exact) mass is 473 g/mol. The Balaban J connectivity index is 1.91. The molecule has 2 amide bonds. The highest BCUT2D eigenvalue weighted by Gasteiger charge is 2.36. The molecule has 2 aromatic heterocycles. The zero-order valence-corrected chi connectivity index (χ0v) is 18.9. The predicted molar refractivity (Wildman–Crippen MR) is 123 cm³/mol. The van der Waals surface area contributed by atoms with E-state index < -0.39 is 17.6 Å². The van der Waals surface area contributed by atoms with E-state index in [4.69, 9.17) is 17.0 Å². The molecule has 2 aliphatic heterocycles. The Morgan fingerprint density at radius 1 is 1.38 bits per heavy atom. The Labute approximate surface area is 192 Å². The number of nitrogens with one attached hydrogen (secondary N) is 1. The van der Waals surface area contributed by atoms with Gasteiger partial charge in [0.05, 0.1) is 24.0 Å². The Bertz CT molecular complexity index is 1240. The number of methoxy groups -OCH3 is 1. The second-order valence-corrected chi connectivity index (χ2v) is 8.78. The van der Waals surface area contributed by atoms with Crippen LogP contribution in [0.25, 0.3) is 11.7 Å². The molecule has 1 unspecified atom stereocenters. The molecular weight excluding hydrogens is 454 g/mol. The number of carbonyl (C=O) groups is 3. The van der Waals surface area contributed by atoms with Crippen molar-refractivity contribution in [3.05, 3.63) is 45.2 Å². The maximum atomic E-state index is 13.4. The van der Waals surface area contributed by atoms with Crippen molar-refractivity contribution in [2.45, 2.75) is 12.5 Å². The van der Waals surface area contributed by atoms with E-state index in [1.807, 2.05) is 0 Å². The molecule has 0 spiro atoms. The molecular formula is C20H19N5O5S2. The van der Waals surface area contributed by atoms with Gasteiger partial charge in [-0.3, -0.25) is 28.5 Å². The van der Waals surface area contributed by atoms with Gasteiger partial charge in [0.2, 0.25) is 5.91 Å². The second kappa shape index (κ2) is 8.71. The number of ether oxygens (including phenoxy) is 1. The van der Waals surface area contributed by atoms with E-state index in [2.05, 4.69) is 10.3 Å². The molecule has 0 saturated carbocycles. The normalized spacial score (nSPS) is 20.2. The maximum Gasteiger partial charge on any atom is 0.308 e. The van der Waals surface area contributed by atoms with Crippen LogP contribution in [0.5, 0.6) is 0 Å². The van der Waals surface area contributed by atoms with Gasteiger partial charge in [-0.1, -0.05) is 30.0 Å². The standard InChI is InChI=1S/C20H19N5O5S2/c1-23-19(29)13(32-20(23)31)9-11-16(22-14-5-3-4-7-25(14)18(11)28)24-8-6-21-17(27)12(24)10-15(26)30-2/h3-5,7,9,12H,6,8,10H2,1-2H3,(H,21,27). The largest absolute Gasteiger partial charge is 0.469 e. The van der Waals surface area contributed by atoms with Crippen LogP contribution in [-0.2, 0) is 19.1 Å². The van der Waals surface area contributed by atoms with Crippen molar-refractivity contribution in [3.8, 4) is 0 Å². The molecule has 1 N–H and O–H groups in total. The lowest BCUT2D eigenvalue weighted by Gasteiger charge is -2.36. The number of hydrogen-bond donors (Lipinski definition) is 1. The van der Waals surface area contributed by atoms with Gasteiger partial charge in [0.15, 0.2) is 0 Å². The number of nitrogens with zero attached hydrogens (tertiary/aromatic N) is 4. The molecule has 0 aromatic carbocycles. The van der Waals surface area contributed by atoms with Gasteiger partial charge in [0.1, 0.15) is 21.8 Å². The van der Waals surface area contributed by atoms with Gasteiger partial charge in [0.25, 0.3) is 11.5 Å². The number of thiocarbonyl (C=S) groups is 1. The average Bonchev–Trinajstić information content (AvgIpc) is 3.03. The molecule has 2 saturated heterocycles. The summed E-state index contributed by atoms with van der Waals surface area (Å²) in [4.78, 5) is 58.4. The van der Waals surface area contributed by atoms with Crippen LogP contribution < -0.4 is 15.8 Å². The summed E-state index contributed by atoms with van der Waals surface area (Å²) < 4.78 is 6.48. The number of likely N-dealkylation sites (N-methyl/N-ethyl adjacent to an activating group) is 1. The van der Waals surface area contributed by atoms with Crippen LogP contribution in [-0.4, -0.2) is 69.7 Å². The molecule has 4 rings (SSSR count). The lowest BCUT2D eigenvalue weighted by Crippen LogP contribution is -2.57. The summed E-state index contributed by atoms with van der Waals surface area (Å²) in [6.07, 6.45) is 2.81. The molecule has 0 aliphatic carbocycles. The highest BCUT2D eigenvalue weighted by Crippen LogP contribution is 2.33. The van der Waals surface area contributed by atoms with Crippen LogP contribution in [0, 0.1) is 0 Å². The van der Waals surface area contributed by atoms with Crippen molar-refractivity contribution in [1.82, 2.24) is 19.6 Å². The van der Waals surface area contributed by atoms with Gasteiger partial charge in [-0.05, 0) is 18.2 Å². The van der Waals surface area contributed by atoms with Crippen LogP contribution in [0.15, 0.2) is 34.1 Å². The fraction of sp³-hybridized carbons (Fsp3) is 0.300. The number of esters is 1. The van der Waals surface area contributed by atoms with Crippen LogP contribution in [0.4, 0.5) is 5.82 Å². The molecule has 166 valence electrons. The lowest BCUT2D eigenvalue weighted by molar-refractivity contribution is -0.143. The third-order valence-corrected chi connectivity index (χ3v) is 6.69. The number of carbonyl (C=O) groups excluding carboxylic acids is 3. The smallest absolute Gasteiger partial charge is 0.308 e. The zero-order chi connectivity index (χ0) is 23.0. The van der Waals surface area contributed by atoms with Gasteiger partial charge < -0.3 is 15.0 Å². The van der Waals surface area contributed by atoms with Crippen molar-refractivity contribution in [2.75, 3.05) is 32.1 Å². The van der Waals surface area contributed by atoms with Gasteiger partial charge in [-0.15, -0.1) is 0 Å². The molecule has 2 aliphatic rings. The van der Waals surface area contributed by atoms with Crippen molar-refractivity contribution in [2.24, 2.45) is 0 Å². The summed E-state index contributed by atoms with van der Waals surface area (Å²) in [5.41, 5.74) is 0.0949. The Morgan fingerprint density at radius 2 is 2.16 bits per heavy atom. The number of amides is 2. The summed E-state index contributed by atoms with van der Waals surface area (Å²) in [5.74, 6) is -1.05. The van der Waals surface area contributed by atoms with Gasteiger partial charge in [0, 0.05) is 26.3 Å². The molecule has 32 heavy (non-hydrogen) atoms. The van der Waals surface area contributed by atoms with E-state index in [0.29, 0.717) is 23.1 Å². The third-order valence-electron chi connectivity index (χ3n) is 5.20. The highest BCUT2D eigenvalue weighted by molar-refractivity contribution is 8.26. The summed E-state index contributed by atoms with van der Waals surface area (Å²) in [6.45, 7) is 0.626. The average molecular weight is 474 g/mol. The molecule has 12 heteroatoms. The fourth-order valence-corrected chi connectivity index (χ4v) is 4.69. The van der Waals surface area contributed by atoms with E-state index >= 15 is 0 Å². The molecule has 2 aromatic rings. The molecule has 10 nitrogen and oxygen atoms in total. The lowest BCUT2D eigenvalue weighted by atomic mass is 10.1. The van der Waals surface area contributed by atoms with Crippen molar-refractivity contribution in [3.63, 3.8) is 0 Å². The zero-order valence-electron chi connectivity index (χ0n) is 17.2. The first kappa shape index (κ1) is 22.0.